The van der Waals surface area contributed by atoms with Gasteiger partial charge in [0.05, 0.1) is 13.2 Å². The van der Waals surface area contributed by atoms with Gasteiger partial charge in [0.2, 0.25) is 5.72 Å². The van der Waals surface area contributed by atoms with Crippen LogP contribution in [0.4, 0.5) is 22.4 Å². The van der Waals surface area contributed by atoms with Crippen molar-refractivity contribution in [3.63, 3.8) is 0 Å². The number of methoxy groups -OCH3 is 1. The Kier molecular flexibility index (Phi) is 5.33. The SMILES string of the molecule is COc1cc([C@H]2NC(=O)N[C@@](O)(C(F)(F)F)[C@H]2C(=O)c2ccc(F)cc2)ccc1O. The molecule has 2 aromatic rings. The smallest absolute Gasteiger partial charge is 0.437 e. The first-order valence-corrected chi connectivity index (χ1v) is 8.52. The van der Waals surface area contributed by atoms with Crippen LogP contribution in [-0.4, -0.2) is 41.0 Å². The summed E-state index contributed by atoms with van der Waals surface area (Å²) in [6.45, 7) is 0. The minimum Gasteiger partial charge on any atom is -0.504 e. The number of hydrogen-bond donors (Lipinski definition) is 4. The summed E-state index contributed by atoms with van der Waals surface area (Å²) in [6.07, 6.45) is -5.43. The zero-order valence-electron chi connectivity index (χ0n) is 15.3. The quantitative estimate of drug-likeness (QED) is 0.443. The Balaban J connectivity index is 2.18. The van der Waals surface area contributed by atoms with Crippen LogP contribution >= 0.6 is 0 Å². The van der Waals surface area contributed by atoms with Gasteiger partial charge in [0.15, 0.2) is 17.3 Å². The number of nitrogens with one attached hydrogen (secondary N) is 2. The fourth-order valence-electron chi connectivity index (χ4n) is 3.30. The molecule has 0 bridgehead atoms. The number of ketones is 1. The van der Waals surface area contributed by atoms with Gasteiger partial charge in [-0.05, 0) is 42.0 Å². The van der Waals surface area contributed by atoms with Crippen molar-refractivity contribution in [3.05, 3.63) is 59.4 Å². The van der Waals surface area contributed by atoms with Crippen molar-refractivity contribution in [3.8, 4) is 11.5 Å². The molecule has 3 rings (SSSR count). The van der Waals surface area contributed by atoms with Gasteiger partial charge in [0, 0.05) is 5.56 Å². The van der Waals surface area contributed by atoms with Crippen LogP contribution in [0, 0.1) is 11.7 Å². The number of urea groups is 1. The first-order valence-electron chi connectivity index (χ1n) is 8.52. The van der Waals surface area contributed by atoms with Gasteiger partial charge in [-0.15, -0.1) is 0 Å². The van der Waals surface area contributed by atoms with Gasteiger partial charge >= 0.3 is 12.2 Å². The number of ether oxygens (including phenoxy) is 1. The summed E-state index contributed by atoms with van der Waals surface area (Å²) in [5.74, 6) is -4.64. The molecule has 1 aliphatic rings. The number of halogens is 4. The van der Waals surface area contributed by atoms with E-state index in [2.05, 4.69) is 5.32 Å². The number of phenols is 1. The van der Waals surface area contributed by atoms with Gasteiger partial charge in [0.25, 0.3) is 0 Å². The van der Waals surface area contributed by atoms with Crippen molar-refractivity contribution < 1.29 is 42.1 Å². The number of aromatic hydroxyl groups is 1. The second kappa shape index (κ2) is 7.48. The third-order valence-corrected chi connectivity index (χ3v) is 4.78. The number of alkyl halides is 3. The monoisotopic (exact) mass is 428 g/mol. The van der Waals surface area contributed by atoms with Crippen LogP contribution in [0.25, 0.3) is 0 Å². The Bertz CT molecular complexity index is 980. The maximum absolute atomic E-state index is 13.8. The molecule has 7 nitrogen and oxygen atoms in total. The number of benzene rings is 2. The Hall–Kier alpha value is -3.34. The fourth-order valence-corrected chi connectivity index (χ4v) is 3.30. The molecule has 30 heavy (non-hydrogen) atoms. The molecular formula is C19H16F4N2O5. The molecule has 0 spiro atoms. The molecule has 0 saturated carbocycles. The zero-order valence-corrected chi connectivity index (χ0v) is 15.3. The molecule has 0 aliphatic carbocycles. The summed E-state index contributed by atoms with van der Waals surface area (Å²) in [7, 11) is 1.20. The van der Waals surface area contributed by atoms with E-state index >= 15 is 0 Å². The molecule has 0 aromatic heterocycles. The molecule has 160 valence electrons. The maximum Gasteiger partial charge on any atom is 0.437 e. The molecular weight excluding hydrogens is 412 g/mol. The normalized spacial score (nSPS) is 24.0. The molecule has 2 amide bonds. The zero-order chi connectivity index (χ0) is 22.3. The maximum atomic E-state index is 13.8. The van der Waals surface area contributed by atoms with E-state index in [0.29, 0.717) is 0 Å². The first kappa shape index (κ1) is 21.4. The molecule has 1 heterocycles. The van der Waals surface area contributed by atoms with E-state index in [9.17, 15) is 37.4 Å². The summed E-state index contributed by atoms with van der Waals surface area (Å²) in [5.41, 5.74) is -4.27. The highest BCUT2D eigenvalue weighted by molar-refractivity contribution is 6.00. The predicted octanol–water partition coefficient (Wildman–Crippen LogP) is 2.64. The lowest BCUT2D eigenvalue weighted by Gasteiger charge is -2.45. The number of carbonyl (C=O) groups excluding carboxylic acids is 2. The molecule has 2 aromatic carbocycles. The average Bonchev–Trinajstić information content (AvgIpc) is 2.67. The summed E-state index contributed by atoms with van der Waals surface area (Å²) < 4.78 is 59.6. The summed E-state index contributed by atoms with van der Waals surface area (Å²) in [4.78, 5) is 25.0. The van der Waals surface area contributed by atoms with Crippen LogP contribution in [0.1, 0.15) is 22.0 Å². The highest BCUT2D eigenvalue weighted by Gasteiger charge is 2.66. The van der Waals surface area contributed by atoms with Crippen LogP contribution in [0.5, 0.6) is 11.5 Å². The van der Waals surface area contributed by atoms with Crippen molar-refractivity contribution in [1.29, 1.82) is 0 Å². The van der Waals surface area contributed by atoms with E-state index in [1.807, 2.05) is 0 Å². The number of carbonyl (C=O) groups is 2. The third-order valence-electron chi connectivity index (χ3n) is 4.78. The van der Waals surface area contributed by atoms with Gasteiger partial charge < -0.3 is 25.6 Å². The van der Waals surface area contributed by atoms with Crippen LogP contribution in [-0.2, 0) is 0 Å². The van der Waals surface area contributed by atoms with E-state index in [4.69, 9.17) is 4.74 Å². The molecule has 11 heteroatoms. The summed E-state index contributed by atoms with van der Waals surface area (Å²) in [5, 5.41) is 23.8. The fraction of sp³-hybridized carbons (Fsp3) is 0.263. The van der Waals surface area contributed by atoms with Gasteiger partial charge in [-0.25, -0.2) is 9.18 Å². The predicted molar refractivity (Wildman–Crippen MR) is 94.3 cm³/mol. The van der Waals surface area contributed by atoms with Crippen molar-refractivity contribution in [2.24, 2.45) is 5.92 Å². The highest BCUT2D eigenvalue weighted by atomic mass is 19.4. The Morgan fingerprint density at radius 1 is 1.17 bits per heavy atom. The van der Waals surface area contributed by atoms with Crippen molar-refractivity contribution in [1.82, 2.24) is 10.6 Å². The number of aliphatic hydroxyl groups is 1. The number of rotatable bonds is 4. The Morgan fingerprint density at radius 2 is 1.80 bits per heavy atom. The molecule has 3 atom stereocenters. The van der Waals surface area contributed by atoms with Crippen LogP contribution < -0.4 is 15.4 Å². The van der Waals surface area contributed by atoms with E-state index in [-0.39, 0.29) is 22.6 Å². The van der Waals surface area contributed by atoms with E-state index in [1.54, 1.807) is 0 Å². The number of Topliss-reactive ketones (excluding diaryl/α,β-unsaturated/α-hetero) is 1. The van der Waals surface area contributed by atoms with Crippen LogP contribution in [0.2, 0.25) is 0 Å². The second-order valence-electron chi connectivity index (χ2n) is 6.62. The molecule has 1 aliphatic heterocycles. The third kappa shape index (κ3) is 3.63. The molecule has 1 fully saturated rings. The Labute approximate surface area is 167 Å². The van der Waals surface area contributed by atoms with Gasteiger partial charge in [0.1, 0.15) is 11.7 Å². The summed E-state index contributed by atoms with van der Waals surface area (Å²) >= 11 is 0. The van der Waals surface area contributed by atoms with Gasteiger partial charge in [-0.2, -0.15) is 13.2 Å². The van der Waals surface area contributed by atoms with Crippen LogP contribution in [0.3, 0.4) is 0 Å². The van der Waals surface area contributed by atoms with E-state index in [1.165, 1.54) is 18.5 Å². The minimum atomic E-state index is -5.43. The highest BCUT2D eigenvalue weighted by Crippen LogP contribution is 2.45. The van der Waals surface area contributed by atoms with Gasteiger partial charge in [-0.1, -0.05) is 6.07 Å². The molecule has 0 unspecified atom stereocenters. The average molecular weight is 428 g/mol. The topological polar surface area (TPSA) is 108 Å². The Morgan fingerprint density at radius 3 is 2.37 bits per heavy atom. The standard InChI is InChI=1S/C19H16F4N2O5/c1-30-13-8-10(4-7-12(13)26)15-14(16(27)9-2-5-11(20)6-3-9)18(29,19(21,22)23)25-17(28)24-15/h2-8,14-15,26,29H,1H3,(H2,24,25,28)/t14-,15-,18+/m1/s1. The van der Waals surface area contributed by atoms with Gasteiger partial charge in [-0.3, -0.25) is 4.79 Å². The van der Waals surface area contributed by atoms with E-state index in [0.717, 1.165) is 36.4 Å². The van der Waals surface area contributed by atoms with Crippen molar-refractivity contribution >= 4 is 11.8 Å². The summed E-state index contributed by atoms with van der Waals surface area (Å²) in [6, 6.07) is 4.10. The molecule has 1 saturated heterocycles. The van der Waals surface area contributed by atoms with Crippen LogP contribution in [0.15, 0.2) is 42.5 Å². The lowest BCUT2D eigenvalue weighted by molar-refractivity contribution is -0.287. The largest absolute Gasteiger partial charge is 0.504 e. The van der Waals surface area contributed by atoms with Crippen molar-refractivity contribution in [2.75, 3.05) is 7.11 Å². The lowest BCUT2D eigenvalue weighted by Crippen LogP contribution is -2.72. The first-order chi connectivity index (χ1) is 14.0. The number of hydrogen-bond acceptors (Lipinski definition) is 5. The minimum absolute atomic E-state index is 0.0392. The number of phenolic OH excluding ortho intramolecular Hbond substituents is 1. The number of amides is 2. The van der Waals surface area contributed by atoms with Crippen molar-refractivity contribution in [2.45, 2.75) is 17.9 Å². The lowest BCUT2D eigenvalue weighted by atomic mass is 9.77. The van der Waals surface area contributed by atoms with E-state index < -0.39 is 41.5 Å². The second-order valence-corrected chi connectivity index (χ2v) is 6.62. The molecule has 4 N–H and O–H groups in total. The molecule has 0 radical (unpaired) electrons.